The Bertz CT molecular complexity index is 478. The van der Waals surface area contributed by atoms with Gasteiger partial charge in [-0.3, -0.25) is 0 Å². The lowest BCUT2D eigenvalue weighted by atomic mass is 10.2. The first-order chi connectivity index (χ1) is 7.93. The van der Waals surface area contributed by atoms with Crippen LogP contribution < -0.4 is 4.74 Å². The molecule has 84 valence electrons. The number of nitrogens with zero attached hydrogens (tertiary/aromatic N) is 3. The first-order valence-electron chi connectivity index (χ1n) is 5.32. The van der Waals surface area contributed by atoms with E-state index in [0.717, 1.165) is 19.4 Å². The van der Waals surface area contributed by atoms with Gasteiger partial charge in [0.05, 0.1) is 12.4 Å². The third-order valence-corrected chi connectivity index (χ3v) is 2.61. The molecule has 6 heteroatoms. The first-order valence-corrected chi connectivity index (χ1v) is 5.32. The second kappa shape index (κ2) is 4.05. The highest BCUT2D eigenvalue weighted by atomic mass is 16.5. The molecule has 0 aliphatic carbocycles. The van der Waals surface area contributed by atoms with Crippen molar-refractivity contribution >= 4 is 11.2 Å². The van der Waals surface area contributed by atoms with Crippen molar-refractivity contribution in [2.24, 2.45) is 0 Å². The minimum Gasteiger partial charge on any atom is -0.473 e. The fraction of sp³-hybridized carbons (Fsp3) is 0.500. The number of rotatable bonds is 3. The summed E-state index contributed by atoms with van der Waals surface area (Å²) in [6, 6.07) is 0. The molecule has 1 N–H and O–H groups in total. The summed E-state index contributed by atoms with van der Waals surface area (Å²) in [6.07, 6.45) is 5.39. The van der Waals surface area contributed by atoms with Gasteiger partial charge in [-0.1, -0.05) is 0 Å². The molecule has 0 amide bonds. The molecule has 1 unspecified atom stereocenters. The predicted molar refractivity (Wildman–Crippen MR) is 56.2 cm³/mol. The Kier molecular flexibility index (Phi) is 2.41. The van der Waals surface area contributed by atoms with Crippen molar-refractivity contribution in [2.75, 3.05) is 13.2 Å². The molecule has 2 aromatic rings. The molecule has 3 heterocycles. The van der Waals surface area contributed by atoms with Crippen LogP contribution in [-0.2, 0) is 4.74 Å². The van der Waals surface area contributed by atoms with Gasteiger partial charge in [-0.2, -0.15) is 4.98 Å². The Labute approximate surface area is 92.0 Å². The predicted octanol–water partition coefficient (Wildman–Crippen LogP) is 0.911. The Morgan fingerprint density at radius 3 is 3.31 bits per heavy atom. The fourth-order valence-electron chi connectivity index (χ4n) is 1.80. The lowest BCUT2D eigenvalue weighted by Crippen LogP contribution is -2.16. The Morgan fingerprint density at radius 1 is 1.44 bits per heavy atom. The van der Waals surface area contributed by atoms with Crippen molar-refractivity contribution in [3.63, 3.8) is 0 Å². The lowest BCUT2D eigenvalue weighted by molar-refractivity contribution is 0.0668. The number of aromatic nitrogens is 4. The maximum absolute atomic E-state index is 5.60. The van der Waals surface area contributed by atoms with Gasteiger partial charge in [-0.25, -0.2) is 9.97 Å². The molecule has 1 aliphatic rings. The molecule has 16 heavy (non-hydrogen) atoms. The van der Waals surface area contributed by atoms with Crippen LogP contribution >= 0.6 is 0 Å². The summed E-state index contributed by atoms with van der Waals surface area (Å²) in [5.41, 5.74) is 1.36. The molecule has 1 atom stereocenters. The lowest BCUT2D eigenvalue weighted by Gasteiger charge is -2.10. The van der Waals surface area contributed by atoms with E-state index < -0.39 is 0 Å². The van der Waals surface area contributed by atoms with Gasteiger partial charge in [0.15, 0.2) is 11.2 Å². The Hall–Kier alpha value is -1.69. The number of nitrogens with one attached hydrogen (secondary N) is 1. The quantitative estimate of drug-likeness (QED) is 0.832. The van der Waals surface area contributed by atoms with Gasteiger partial charge in [-0.05, 0) is 12.8 Å². The summed E-state index contributed by atoms with van der Waals surface area (Å²) in [5.74, 6) is 0.516. The molecular weight excluding hydrogens is 208 g/mol. The third-order valence-electron chi connectivity index (χ3n) is 2.61. The Balaban J connectivity index is 1.75. The average molecular weight is 220 g/mol. The van der Waals surface area contributed by atoms with Gasteiger partial charge in [-0.15, -0.1) is 0 Å². The smallest absolute Gasteiger partial charge is 0.245 e. The summed E-state index contributed by atoms with van der Waals surface area (Å²) in [4.78, 5) is 15.1. The number of ether oxygens (including phenoxy) is 2. The number of aromatic amines is 1. The number of imidazole rings is 1. The summed E-state index contributed by atoms with van der Waals surface area (Å²) in [5, 5.41) is 0. The molecule has 1 aliphatic heterocycles. The molecule has 1 saturated heterocycles. The molecule has 6 nitrogen and oxygen atoms in total. The van der Waals surface area contributed by atoms with E-state index in [1.54, 1.807) is 6.33 Å². The van der Waals surface area contributed by atoms with Crippen LogP contribution in [-0.4, -0.2) is 39.3 Å². The zero-order valence-corrected chi connectivity index (χ0v) is 8.72. The van der Waals surface area contributed by atoms with Crippen molar-refractivity contribution in [1.29, 1.82) is 0 Å². The van der Waals surface area contributed by atoms with Crippen LogP contribution in [0.1, 0.15) is 12.8 Å². The molecule has 3 rings (SSSR count). The maximum atomic E-state index is 5.60. The van der Waals surface area contributed by atoms with Crippen molar-refractivity contribution in [2.45, 2.75) is 18.9 Å². The van der Waals surface area contributed by atoms with Crippen molar-refractivity contribution in [3.8, 4) is 5.88 Å². The van der Waals surface area contributed by atoms with E-state index in [2.05, 4.69) is 19.9 Å². The van der Waals surface area contributed by atoms with Crippen LogP contribution in [0.4, 0.5) is 0 Å². The van der Waals surface area contributed by atoms with Gasteiger partial charge in [0, 0.05) is 6.61 Å². The van der Waals surface area contributed by atoms with Gasteiger partial charge < -0.3 is 14.5 Å². The van der Waals surface area contributed by atoms with Gasteiger partial charge in [0.2, 0.25) is 5.88 Å². The largest absolute Gasteiger partial charge is 0.473 e. The van der Waals surface area contributed by atoms with E-state index in [4.69, 9.17) is 9.47 Å². The normalized spacial score (nSPS) is 20.4. The number of hydrogen-bond acceptors (Lipinski definition) is 5. The zero-order valence-electron chi connectivity index (χ0n) is 8.72. The minimum absolute atomic E-state index is 0.184. The standard InChI is InChI=1S/C10H12N4O2/c1-2-7(15-3-1)4-16-10-8-9(12-5-11-8)13-6-14-10/h5-7H,1-4H2,(H,11,12,13,14). The van der Waals surface area contributed by atoms with Gasteiger partial charge >= 0.3 is 0 Å². The van der Waals surface area contributed by atoms with Crippen LogP contribution in [0.3, 0.4) is 0 Å². The van der Waals surface area contributed by atoms with Crippen LogP contribution in [0.2, 0.25) is 0 Å². The van der Waals surface area contributed by atoms with E-state index in [9.17, 15) is 0 Å². The molecule has 0 saturated carbocycles. The van der Waals surface area contributed by atoms with E-state index in [1.807, 2.05) is 0 Å². The Morgan fingerprint density at radius 2 is 2.44 bits per heavy atom. The molecule has 0 aromatic carbocycles. The van der Waals surface area contributed by atoms with Crippen molar-refractivity contribution in [3.05, 3.63) is 12.7 Å². The number of fused-ring (bicyclic) bond motifs is 1. The monoisotopic (exact) mass is 220 g/mol. The molecule has 0 spiro atoms. The highest BCUT2D eigenvalue weighted by Crippen LogP contribution is 2.19. The topological polar surface area (TPSA) is 72.9 Å². The third kappa shape index (κ3) is 1.71. The van der Waals surface area contributed by atoms with E-state index in [-0.39, 0.29) is 6.10 Å². The number of H-pyrrole nitrogens is 1. The first kappa shape index (κ1) is 9.53. The SMILES string of the molecule is c1nc(OCC2CCCO2)c2nc[nH]c2n1. The summed E-state index contributed by atoms with van der Waals surface area (Å²) in [7, 11) is 0. The van der Waals surface area contributed by atoms with E-state index in [0.29, 0.717) is 23.7 Å². The zero-order chi connectivity index (χ0) is 10.8. The average Bonchev–Trinajstić information content (AvgIpc) is 2.97. The molecule has 1 fully saturated rings. The van der Waals surface area contributed by atoms with Crippen LogP contribution in [0.5, 0.6) is 5.88 Å². The van der Waals surface area contributed by atoms with Crippen LogP contribution in [0.25, 0.3) is 11.2 Å². The molecule has 0 radical (unpaired) electrons. The maximum Gasteiger partial charge on any atom is 0.245 e. The molecular formula is C10H12N4O2. The highest BCUT2D eigenvalue weighted by molar-refractivity contribution is 5.74. The summed E-state index contributed by atoms with van der Waals surface area (Å²) >= 11 is 0. The minimum atomic E-state index is 0.184. The summed E-state index contributed by atoms with van der Waals surface area (Å²) < 4.78 is 11.1. The fourth-order valence-corrected chi connectivity index (χ4v) is 1.80. The van der Waals surface area contributed by atoms with Crippen molar-refractivity contribution < 1.29 is 9.47 Å². The van der Waals surface area contributed by atoms with E-state index >= 15 is 0 Å². The van der Waals surface area contributed by atoms with Crippen molar-refractivity contribution in [1.82, 2.24) is 19.9 Å². The molecule has 2 aromatic heterocycles. The highest BCUT2D eigenvalue weighted by Gasteiger charge is 2.17. The van der Waals surface area contributed by atoms with E-state index in [1.165, 1.54) is 6.33 Å². The van der Waals surface area contributed by atoms with Crippen LogP contribution in [0.15, 0.2) is 12.7 Å². The van der Waals surface area contributed by atoms with Gasteiger partial charge in [0.25, 0.3) is 0 Å². The second-order valence-electron chi connectivity index (χ2n) is 3.72. The second-order valence-corrected chi connectivity index (χ2v) is 3.72. The number of hydrogen-bond donors (Lipinski definition) is 1. The van der Waals surface area contributed by atoms with Gasteiger partial charge in [0.1, 0.15) is 12.9 Å². The summed E-state index contributed by atoms with van der Waals surface area (Å²) in [6.45, 7) is 1.36. The van der Waals surface area contributed by atoms with Crippen LogP contribution in [0, 0.1) is 0 Å². The molecule has 0 bridgehead atoms.